The molecule has 3 N–H and O–H groups in total. The van der Waals surface area contributed by atoms with E-state index in [4.69, 9.17) is 5.73 Å². The molecule has 0 aromatic heterocycles. The lowest BCUT2D eigenvalue weighted by atomic mass is 9.76. The Kier molecular flexibility index (Phi) is 4.68. The van der Waals surface area contributed by atoms with Crippen molar-refractivity contribution >= 4 is 0 Å². The third-order valence-electron chi connectivity index (χ3n) is 5.01. The van der Waals surface area contributed by atoms with Crippen LogP contribution < -0.4 is 5.73 Å². The Bertz CT molecular complexity index is 267. The minimum atomic E-state index is -0.475. The number of nitrogens with zero attached hydrogens (tertiary/aromatic N) is 1. The van der Waals surface area contributed by atoms with Gasteiger partial charge in [-0.05, 0) is 44.6 Å². The van der Waals surface area contributed by atoms with E-state index >= 15 is 0 Å². The molecule has 0 spiro atoms. The second-order valence-corrected chi connectivity index (χ2v) is 6.75. The first kappa shape index (κ1) is 14.3. The molecule has 1 heterocycles. The summed E-state index contributed by atoms with van der Waals surface area (Å²) in [6, 6.07) is 0.620. The zero-order valence-electron chi connectivity index (χ0n) is 12.1. The fourth-order valence-corrected chi connectivity index (χ4v) is 3.95. The molecule has 3 heteroatoms. The van der Waals surface area contributed by atoms with E-state index in [1.54, 1.807) is 0 Å². The number of likely N-dealkylation sites (tertiary alicyclic amines) is 1. The monoisotopic (exact) mass is 254 g/mol. The summed E-state index contributed by atoms with van der Waals surface area (Å²) in [6.45, 7) is 6.95. The zero-order valence-corrected chi connectivity index (χ0v) is 12.1. The molecule has 18 heavy (non-hydrogen) atoms. The molecule has 0 aromatic carbocycles. The van der Waals surface area contributed by atoms with E-state index in [-0.39, 0.29) is 0 Å². The van der Waals surface area contributed by atoms with Crippen molar-refractivity contribution in [3.63, 3.8) is 0 Å². The van der Waals surface area contributed by atoms with Gasteiger partial charge in [0.25, 0.3) is 0 Å². The number of aliphatic hydroxyl groups is 1. The van der Waals surface area contributed by atoms with Crippen molar-refractivity contribution in [3.05, 3.63) is 0 Å². The number of hydrogen-bond acceptors (Lipinski definition) is 3. The summed E-state index contributed by atoms with van der Waals surface area (Å²) in [7, 11) is 0. The third-order valence-corrected chi connectivity index (χ3v) is 5.01. The standard InChI is InChI=1S/C15H30N2O/c1-3-4-12-5-6-13(10-16)14(9-12)17-8-7-15(2,18)11-17/h12-14,18H,3-11,16H2,1-2H3. The fraction of sp³-hybridized carbons (Fsp3) is 1.00. The molecule has 106 valence electrons. The lowest BCUT2D eigenvalue weighted by Gasteiger charge is -2.41. The van der Waals surface area contributed by atoms with Crippen molar-refractivity contribution in [2.75, 3.05) is 19.6 Å². The molecular weight excluding hydrogens is 224 g/mol. The first-order chi connectivity index (χ1) is 8.55. The Morgan fingerprint density at radius 3 is 2.72 bits per heavy atom. The van der Waals surface area contributed by atoms with Crippen LogP contribution in [0, 0.1) is 11.8 Å². The molecule has 1 saturated heterocycles. The summed E-state index contributed by atoms with van der Waals surface area (Å²) in [6.07, 6.45) is 7.51. The highest BCUT2D eigenvalue weighted by atomic mass is 16.3. The molecule has 2 rings (SSSR count). The molecule has 2 aliphatic rings. The van der Waals surface area contributed by atoms with Crippen LogP contribution in [0.5, 0.6) is 0 Å². The maximum atomic E-state index is 10.2. The summed E-state index contributed by atoms with van der Waals surface area (Å²) < 4.78 is 0. The summed E-state index contributed by atoms with van der Waals surface area (Å²) in [5.74, 6) is 1.53. The van der Waals surface area contributed by atoms with Gasteiger partial charge >= 0.3 is 0 Å². The topological polar surface area (TPSA) is 49.5 Å². The minimum Gasteiger partial charge on any atom is -0.389 e. The maximum Gasteiger partial charge on any atom is 0.0758 e. The van der Waals surface area contributed by atoms with Gasteiger partial charge in [-0.15, -0.1) is 0 Å². The first-order valence-electron chi connectivity index (χ1n) is 7.72. The molecule has 0 amide bonds. The lowest BCUT2D eigenvalue weighted by Crippen LogP contribution is -2.47. The van der Waals surface area contributed by atoms with E-state index in [0.29, 0.717) is 12.0 Å². The van der Waals surface area contributed by atoms with Crippen molar-refractivity contribution in [2.45, 2.75) is 64.0 Å². The highest BCUT2D eigenvalue weighted by molar-refractivity contribution is 4.94. The minimum absolute atomic E-state index is 0.475. The van der Waals surface area contributed by atoms with E-state index in [1.807, 2.05) is 6.92 Å². The van der Waals surface area contributed by atoms with Gasteiger partial charge < -0.3 is 10.8 Å². The van der Waals surface area contributed by atoms with Crippen LogP contribution >= 0.6 is 0 Å². The van der Waals surface area contributed by atoms with Crippen molar-refractivity contribution in [1.29, 1.82) is 0 Å². The van der Waals surface area contributed by atoms with E-state index in [2.05, 4.69) is 11.8 Å². The van der Waals surface area contributed by atoms with Crippen molar-refractivity contribution in [1.82, 2.24) is 4.90 Å². The van der Waals surface area contributed by atoms with Crippen LogP contribution in [0.1, 0.15) is 52.4 Å². The van der Waals surface area contributed by atoms with Crippen LogP contribution in [0.15, 0.2) is 0 Å². The van der Waals surface area contributed by atoms with Gasteiger partial charge in [-0.25, -0.2) is 0 Å². The predicted octanol–water partition coefficient (Wildman–Crippen LogP) is 1.99. The van der Waals surface area contributed by atoms with Crippen LogP contribution in [0.3, 0.4) is 0 Å². The average molecular weight is 254 g/mol. The van der Waals surface area contributed by atoms with Crippen molar-refractivity contribution in [2.24, 2.45) is 17.6 Å². The van der Waals surface area contributed by atoms with Crippen LogP contribution in [0.2, 0.25) is 0 Å². The van der Waals surface area contributed by atoms with Gasteiger partial charge in [0.15, 0.2) is 0 Å². The first-order valence-corrected chi connectivity index (χ1v) is 7.72. The number of hydrogen-bond donors (Lipinski definition) is 2. The van der Waals surface area contributed by atoms with Crippen LogP contribution in [-0.2, 0) is 0 Å². The highest BCUT2D eigenvalue weighted by Gasteiger charge is 2.40. The number of rotatable bonds is 4. The molecule has 3 nitrogen and oxygen atoms in total. The van der Waals surface area contributed by atoms with Crippen LogP contribution in [-0.4, -0.2) is 41.3 Å². The number of β-amino-alcohol motifs (C(OH)–C–C–N with tert-alkyl or cyclic N) is 1. The quantitative estimate of drug-likeness (QED) is 0.806. The Morgan fingerprint density at radius 2 is 2.17 bits per heavy atom. The third kappa shape index (κ3) is 3.25. The summed E-state index contributed by atoms with van der Waals surface area (Å²) in [5, 5.41) is 10.2. The average Bonchev–Trinajstić information content (AvgIpc) is 2.70. The van der Waals surface area contributed by atoms with Gasteiger partial charge in [0, 0.05) is 19.1 Å². The molecule has 1 aliphatic heterocycles. The molecule has 1 aliphatic carbocycles. The second kappa shape index (κ2) is 5.89. The second-order valence-electron chi connectivity index (χ2n) is 6.75. The lowest BCUT2D eigenvalue weighted by molar-refractivity contribution is 0.0413. The molecule has 2 fully saturated rings. The zero-order chi connectivity index (χ0) is 13.2. The molecule has 0 radical (unpaired) electrons. The van der Waals surface area contributed by atoms with Crippen LogP contribution in [0.4, 0.5) is 0 Å². The Hall–Kier alpha value is -0.120. The fourth-order valence-electron chi connectivity index (χ4n) is 3.95. The van der Waals surface area contributed by atoms with Gasteiger partial charge in [0.2, 0.25) is 0 Å². The van der Waals surface area contributed by atoms with Gasteiger partial charge in [0.05, 0.1) is 5.60 Å². The van der Waals surface area contributed by atoms with E-state index in [9.17, 15) is 5.11 Å². The molecule has 4 unspecified atom stereocenters. The molecule has 0 aromatic rings. The number of nitrogens with two attached hydrogens (primary N) is 1. The van der Waals surface area contributed by atoms with E-state index in [1.165, 1.54) is 32.1 Å². The summed E-state index contributed by atoms with van der Waals surface area (Å²) >= 11 is 0. The molecular formula is C15H30N2O. The van der Waals surface area contributed by atoms with Gasteiger partial charge in [-0.2, -0.15) is 0 Å². The van der Waals surface area contributed by atoms with Crippen molar-refractivity contribution < 1.29 is 5.11 Å². The molecule has 4 atom stereocenters. The van der Waals surface area contributed by atoms with Gasteiger partial charge in [0.1, 0.15) is 0 Å². The SMILES string of the molecule is CCCC1CCC(CN)C(N2CCC(C)(O)C2)C1. The van der Waals surface area contributed by atoms with Crippen molar-refractivity contribution in [3.8, 4) is 0 Å². The summed E-state index contributed by atoms with van der Waals surface area (Å²) in [4.78, 5) is 2.51. The smallest absolute Gasteiger partial charge is 0.0758 e. The summed E-state index contributed by atoms with van der Waals surface area (Å²) in [5.41, 5.74) is 5.48. The predicted molar refractivity (Wildman–Crippen MR) is 75.4 cm³/mol. The van der Waals surface area contributed by atoms with Crippen LogP contribution in [0.25, 0.3) is 0 Å². The normalized spacial score (nSPS) is 42.3. The Labute approximate surface area is 112 Å². The molecule has 1 saturated carbocycles. The molecule has 0 bridgehead atoms. The van der Waals surface area contributed by atoms with E-state index < -0.39 is 5.60 Å². The van der Waals surface area contributed by atoms with Gasteiger partial charge in [-0.1, -0.05) is 26.2 Å². The largest absolute Gasteiger partial charge is 0.389 e. The Balaban J connectivity index is 1.98. The highest BCUT2D eigenvalue weighted by Crippen LogP contribution is 2.37. The Morgan fingerprint density at radius 1 is 1.39 bits per heavy atom. The van der Waals surface area contributed by atoms with E-state index in [0.717, 1.165) is 32.0 Å². The maximum absolute atomic E-state index is 10.2. The van der Waals surface area contributed by atoms with Gasteiger partial charge in [-0.3, -0.25) is 4.90 Å².